The van der Waals surface area contributed by atoms with Gasteiger partial charge >= 0.3 is 0 Å². The summed E-state index contributed by atoms with van der Waals surface area (Å²) < 4.78 is 10.7. The monoisotopic (exact) mass is 365 g/mol. The van der Waals surface area contributed by atoms with Crippen molar-refractivity contribution < 1.29 is 14.3 Å². The van der Waals surface area contributed by atoms with E-state index in [2.05, 4.69) is 16.3 Å². The molecule has 140 valence electrons. The highest BCUT2D eigenvalue weighted by Crippen LogP contribution is 2.23. The molecule has 1 atom stereocenters. The molecule has 6 nitrogen and oxygen atoms in total. The van der Waals surface area contributed by atoms with Crippen LogP contribution in [0.3, 0.4) is 0 Å². The van der Waals surface area contributed by atoms with E-state index in [0.717, 1.165) is 24.4 Å². The summed E-state index contributed by atoms with van der Waals surface area (Å²) in [6, 6.07) is 16.8. The zero-order chi connectivity index (χ0) is 19.1. The van der Waals surface area contributed by atoms with Gasteiger partial charge in [0.25, 0.3) is 5.91 Å². The Morgan fingerprint density at radius 2 is 2.00 bits per heavy atom. The number of ether oxygens (including phenoxy) is 2. The largest absolute Gasteiger partial charge is 0.497 e. The maximum Gasteiger partial charge on any atom is 0.251 e. The van der Waals surface area contributed by atoms with Gasteiger partial charge in [0.1, 0.15) is 5.75 Å². The molecule has 1 fully saturated rings. The van der Waals surface area contributed by atoms with Crippen LogP contribution in [0.2, 0.25) is 0 Å². The Kier molecular flexibility index (Phi) is 6.42. The van der Waals surface area contributed by atoms with Gasteiger partial charge in [0.05, 0.1) is 38.0 Å². The molecule has 0 aromatic heterocycles. The fraction of sp³-hybridized carbons (Fsp3) is 0.333. The molecule has 1 N–H and O–H groups in total. The van der Waals surface area contributed by atoms with Crippen molar-refractivity contribution in [3.63, 3.8) is 0 Å². The lowest BCUT2D eigenvalue weighted by Crippen LogP contribution is -2.43. The summed E-state index contributed by atoms with van der Waals surface area (Å²) in [6.45, 7) is 3.48. The van der Waals surface area contributed by atoms with E-state index in [4.69, 9.17) is 14.7 Å². The highest BCUT2D eigenvalue weighted by atomic mass is 16.5. The lowest BCUT2D eigenvalue weighted by Gasteiger charge is -2.35. The van der Waals surface area contributed by atoms with Gasteiger partial charge in [-0.1, -0.05) is 18.2 Å². The fourth-order valence-corrected chi connectivity index (χ4v) is 3.19. The number of rotatable bonds is 6. The molecule has 1 saturated heterocycles. The zero-order valence-corrected chi connectivity index (χ0v) is 15.4. The first-order valence-electron chi connectivity index (χ1n) is 8.95. The standard InChI is InChI=1S/C21H23N3O3/c1-26-19-7-5-17(6-8-19)20(24-9-11-27-12-10-24)15-23-21(25)18-4-2-3-16(13-18)14-22/h2-8,13,20H,9-12,15H2,1H3,(H,23,25)/t20-/m0/s1. The van der Waals surface area contributed by atoms with Gasteiger partial charge in [-0.15, -0.1) is 0 Å². The van der Waals surface area contributed by atoms with Crippen LogP contribution in [-0.2, 0) is 4.74 Å². The minimum Gasteiger partial charge on any atom is -0.497 e. The Hall–Kier alpha value is -2.88. The van der Waals surface area contributed by atoms with Gasteiger partial charge in [-0.05, 0) is 35.9 Å². The maximum atomic E-state index is 12.5. The molecule has 1 aliphatic rings. The van der Waals surface area contributed by atoms with E-state index >= 15 is 0 Å². The SMILES string of the molecule is COc1ccc([C@H](CNC(=O)c2cccc(C#N)c2)N2CCOCC2)cc1. The van der Waals surface area contributed by atoms with E-state index in [1.54, 1.807) is 31.4 Å². The topological polar surface area (TPSA) is 74.6 Å². The third kappa shape index (κ3) is 4.85. The zero-order valence-electron chi connectivity index (χ0n) is 15.4. The number of hydrogen-bond donors (Lipinski definition) is 1. The molecule has 3 rings (SSSR count). The van der Waals surface area contributed by atoms with Gasteiger partial charge in [-0.3, -0.25) is 9.69 Å². The smallest absolute Gasteiger partial charge is 0.251 e. The highest BCUT2D eigenvalue weighted by molar-refractivity contribution is 5.94. The summed E-state index contributed by atoms with van der Waals surface area (Å²) >= 11 is 0. The molecule has 2 aromatic carbocycles. The Balaban J connectivity index is 1.74. The number of nitrogens with one attached hydrogen (secondary N) is 1. The van der Waals surface area contributed by atoms with E-state index in [1.165, 1.54) is 0 Å². The van der Waals surface area contributed by atoms with Crippen molar-refractivity contribution in [2.45, 2.75) is 6.04 Å². The summed E-state index contributed by atoms with van der Waals surface area (Å²) in [6.07, 6.45) is 0. The molecule has 0 saturated carbocycles. The molecular weight excluding hydrogens is 342 g/mol. The van der Waals surface area contributed by atoms with Crippen LogP contribution in [0, 0.1) is 11.3 Å². The lowest BCUT2D eigenvalue weighted by atomic mass is 10.0. The van der Waals surface area contributed by atoms with E-state index in [1.807, 2.05) is 24.3 Å². The number of amides is 1. The molecule has 1 amide bonds. The summed E-state index contributed by atoms with van der Waals surface area (Å²) in [7, 11) is 1.64. The number of methoxy groups -OCH3 is 1. The van der Waals surface area contributed by atoms with Crippen molar-refractivity contribution in [3.05, 3.63) is 65.2 Å². The normalized spacial score (nSPS) is 15.6. The summed E-state index contributed by atoms with van der Waals surface area (Å²) in [5.41, 5.74) is 2.08. The Bertz CT molecular complexity index is 808. The minimum atomic E-state index is -0.182. The summed E-state index contributed by atoms with van der Waals surface area (Å²) in [4.78, 5) is 14.9. The third-order valence-corrected chi connectivity index (χ3v) is 4.70. The number of nitrogens with zero attached hydrogens (tertiary/aromatic N) is 2. The Labute approximate surface area is 159 Å². The van der Waals surface area contributed by atoms with Crippen LogP contribution in [0.4, 0.5) is 0 Å². The van der Waals surface area contributed by atoms with Crippen molar-refractivity contribution in [1.29, 1.82) is 5.26 Å². The molecule has 0 aliphatic carbocycles. The molecule has 0 spiro atoms. The van der Waals surface area contributed by atoms with Gasteiger partial charge in [0.15, 0.2) is 0 Å². The first-order chi connectivity index (χ1) is 13.2. The molecule has 0 bridgehead atoms. The third-order valence-electron chi connectivity index (χ3n) is 4.70. The molecule has 0 radical (unpaired) electrons. The van der Waals surface area contributed by atoms with Gasteiger partial charge in [0.2, 0.25) is 0 Å². The van der Waals surface area contributed by atoms with Crippen LogP contribution in [0.25, 0.3) is 0 Å². The summed E-state index contributed by atoms with van der Waals surface area (Å²) in [5, 5.41) is 12.0. The number of hydrogen-bond acceptors (Lipinski definition) is 5. The van der Waals surface area contributed by atoms with Crippen molar-refractivity contribution in [2.24, 2.45) is 0 Å². The van der Waals surface area contributed by atoms with Crippen molar-refractivity contribution in [2.75, 3.05) is 40.0 Å². The van der Waals surface area contributed by atoms with E-state index < -0.39 is 0 Å². The van der Waals surface area contributed by atoms with E-state index in [-0.39, 0.29) is 11.9 Å². The van der Waals surface area contributed by atoms with Crippen LogP contribution >= 0.6 is 0 Å². The van der Waals surface area contributed by atoms with Crippen molar-refractivity contribution >= 4 is 5.91 Å². The number of carbonyl (C=O) groups excluding carboxylic acids is 1. The van der Waals surface area contributed by atoms with Crippen molar-refractivity contribution in [3.8, 4) is 11.8 Å². The Morgan fingerprint density at radius 1 is 1.26 bits per heavy atom. The minimum absolute atomic E-state index is 0.0444. The van der Waals surface area contributed by atoms with Crippen LogP contribution in [0.15, 0.2) is 48.5 Å². The number of carbonyl (C=O) groups is 1. The number of nitriles is 1. The molecule has 6 heteroatoms. The highest BCUT2D eigenvalue weighted by Gasteiger charge is 2.23. The average molecular weight is 365 g/mol. The predicted molar refractivity (Wildman–Crippen MR) is 102 cm³/mol. The van der Waals surface area contributed by atoms with Gasteiger partial charge in [0, 0.05) is 25.2 Å². The van der Waals surface area contributed by atoms with Crippen LogP contribution in [0.5, 0.6) is 5.75 Å². The summed E-state index contributed by atoms with van der Waals surface area (Å²) in [5.74, 6) is 0.621. The number of morpholine rings is 1. The molecule has 27 heavy (non-hydrogen) atoms. The second kappa shape index (κ2) is 9.17. The first kappa shape index (κ1) is 18.9. The predicted octanol–water partition coefficient (Wildman–Crippen LogP) is 2.37. The first-order valence-corrected chi connectivity index (χ1v) is 8.95. The average Bonchev–Trinajstić information content (AvgIpc) is 2.75. The van der Waals surface area contributed by atoms with Crippen LogP contribution < -0.4 is 10.1 Å². The molecule has 0 unspecified atom stereocenters. The van der Waals surface area contributed by atoms with Crippen molar-refractivity contribution in [1.82, 2.24) is 10.2 Å². The quantitative estimate of drug-likeness (QED) is 0.851. The van der Waals surface area contributed by atoms with Gasteiger partial charge in [-0.25, -0.2) is 0 Å². The van der Waals surface area contributed by atoms with Gasteiger partial charge < -0.3 is 14.8 Å². The molecule has 1 aliphatic heterocycles. The fourth-order valence-electron chi connectivity index (χ4n) is 3.19. The second-order valence-corrected chi connectivity index (χ2v) is 6.34. The molecule has 2 aromatic rings. The number of benzene rings is 2. The van der Waals surface area contributed by atoms with Crippen LogP contribution in [-0.4, -0.2) is 50.8 Å². The second-order valence-electron chi connectivity index (χ2n) is 6.34. The van der Waals surface area contributed by atoms with E-state index in [9.17, 15) is 4.79 Å². The van der Waals surface area contributed by atoms with Gasteiger partial charge in [-0.2, -0.15) is 5.26 Å². The molecule has 1 heterocycles. The maximum absolute atomic E-state index is 12.5. The molecular formula is C21H23N3O3. The Morgan fingerprint density at radius 3 is 2.67 bits per heavy atom. The van der Waals surface area contributed by atoms with Crippen LogP contribution in [0.1, 0.15) is 27.5 Å². The van der Waals surface area contributed by atoms with E-state index in [0.29, 0.717) is 30.9 Å². The lowest BCUT2D eigenvalue weighted by molar-refractivity contribution is 0.0162.